The minimum absolute atomic E-state index is 0.0980. The Morgan fingerprint density at radius 2 is 2.22 bits per heavy atom. The van der Waals surface area contributed by atoms with Crippen LogP contribution in [0.3, 0.4) is 0 Å². The van der Waals surface area contributed by atoms with Crippen LogP contribution >= 0.6 is 11.6 Å². The highest BCUT2D eigenvalue weighted by atomic mass is 35.5. The van der Waals surface area contributed by atoms with Crippen LogP contribution in [0.1, 0.15) is 38.2 Å². The standard InChI is InChI=1S/C15H21ClFN/c1-2-10-6-7-11(8-10)14(18)9-12-4-3-5-13(17)15(12)16/h3-5,10-11,14H,2,6-9,18H2,1H3. The second-order valence-corrected chi connectivity index (χ2v) is 5.81. The largest absolute Gasteiger partial charge is 0.327 e. The Morgan fingerprint density at radius 3 is 2.89 bits per heavy atom. The molecule has 1 aromatic carbocycles. The second-order valence-electron chi connectivity index (χ2n) is 5.43. The van der Waals surface area contributed by atoms with E-state index in [0.717, 1.165) is 11.5 Å². The van der Waals surface area contributed by atoms with E-state index in [4.69, 9.17) is 17.3 Å². The predicted octanol–water partition coefficient (Wildman–Crippen LogP) is 4.18. The summed E-state index contributed by atoms with van der Waals surface area (Å²) in [6.45, 7) is 2.24. The minimum atomic E-state index is -0.348. The predicted molar refractivity (Wildman–Crippen MR) is 74.2 cm³/mol. The summed E-state index contributed by atoms with van der Waals surface area (Å²) in [6.07, 6.45) is 5.62. The summed E-state index contributed by atoms with van der Waals surface area (Å²) in [5.74, 6) is 1.04. The molecule has 2 rings (SSSR count). The van der Waals surface area contributed by atoms with Crippen molar-refractivity contribution in [3.05, 3.63) is 34.6 Å². The van der Waals surface area contributed by atoms with E-state index in [0.29, 0.717) is 12.3 Å². The minimum Gasteiger partial charge on any atom is -0.327 e. The molecule has 0 heterocycles. The summed E-state index contributed by atoms with van der Waals surface area (Å²) in [4.78, 5) is 0. The number of hydrogen-bond donors (Lipinski definition) is 1. The summed E-state index contributed by atoms with van der Waals surface area (Å²) in [5.41, 5.74) is 7.10. The van der Waals surface area contributed by atoms with Crippen molar-refractivity contribution in [2.45, 2.75) is 45.1 Å². The first-order valence-electron chi connectivity index (χ1n) is 6.80. The molecule has 1 aromatic rings. The van der Waals surface area contributed by atoms with Crippen molar-refractivity contribution in [1.29, 1.82) is 0 Å². The van der Waals surface area contributed by atoms with Crippen LogP contribution in [-0.4, -0.2) is 6.04 Å². The number of benzene rings is 1. The van der Waals surface area contributed by atoms with Crippen LogP contribution in [0.5, 0.6) is 0 Å². The lowest BCUT2D eigenvalue weighted by Gasteiger charge is -2.20. The summed E-state index contributed by atoms with van der Waals surface area (Å²) in [6, 6.07) is 5.06. The molecular formula is C15H21ClFN. The Balaban J connectivity index is 1.99. The van der Waals surface area contributed by atoms with E-state index in [1.54, 1.807) is 6.07 Å². The maximum absolute atomic E-state index is 13.4. The molecule has 1 saturated carbocycles. The molecule has 0 amide bonds. The Kier molecular flexibility index (Phi) is 4.63. The average molecular weight is 270 g/mol. The van der Waals surface area contributed by atoms with Gasteiger partial charge in [0.25, 0.3) is 0 Å². The van der Waals surface area contributed by atoms with Crippen LogP contribution in [0.25, 0.3) is 0 Å². The highest BCUT2D eigenvalue weighted by molar-refractivity contribution is 6.31. The molecule has 1 nitrogen and oxygen atoms in total. The molecule has 0 spiro atoms. The van der Waals surface area contributed by atoms with Crippen LogP contribution in [0.4, 0.5) is 4.39 Å². The van der Waals surface area contributed by atoms with Gasteiger partial charge in [-0.3, -0.25) is 0 Å². The smallest absolute Gasteiger partial charge is 0.142 e. The van der Waals surface area contributed by atoms with Crippen molar-refractivity contribution >= 4 is 11.6 Å². The zero-order chi connectivity index (χ0) is 13.1. The molecular weight excluding hydrogens is 249 g/mol. The lowest BCUT2D eigenvalue weighted by molar-refractivity contribution is 0.404. The first kappa shape index (κ1) is 13.8. The van der Waals surface area contributed by atoms with Gasteiger partial charge in [0, 0.05) is 6.04 Å². The van der Waals surface area contributed by atoms with Gasteiger partial charge in [-0.15, -0.1) is 0 Å². The Labute approximate surface area is 114 Å². The lowest BCUT2D eigenvalue weighted by atomic mass is 9.91. The van der Waals surface area contributed by atoms with Gasteiger partial charge >= 0.3 is 0 Å². The summed E-state index contributed by atoms with van der Waals surface area (Å²) < 4.78 is 13.4. The third-order valence-electron chi connectivity index (χ3n) is 4.25. The zero-order valence-corrected chi connectivity index (χ0v) is 11.6. The second kappa shape index (κ2) is 6.03. The fourth-order valence-corrected chi connectivity index (χ4v) is 3.20. The maximum atomic E-state index is 13.4. The third-order valence-corrected chi connectivity index (χ3v) is 4.68. The quantitative estimate of drug-likeness (QED) is 0.872. The van der Waals surface area contributed by atoms with Crippen molar-refractivity contribution in [2.24, 2.45) is 17.6 Å². The van der Waals surface area contributed by atoms with Crippen LogP contribution in [0.15, 0.2) is 18.2 Å². The van der Waals surface area contributed by atoms with Crippen molar-refractivity contribution in [3.8, 4) is 0 Å². The van der Waals surface area contributed by atoms with Crippen molar-refractivity contribution in [3.63, 3.8) is 0 Å². The first-order valence-corrected chi connectivity index (χ1v) is 7.18. The highest BCUT2D eigenvalue weighted by Crippen LogP contribution is 2.35. The van der Waals surface area contributed by atoms with E-state index in [2.05, 4.69) is 6.92 Å². The molecule has 1 aliphatic carbocycles. The number of rotatable bonds is 4. The van der Waals surface area contributed by atoms with E-state index < -0.39 is 0 Å². The van der Waals surface area contributed by atoms with E-state index in [1.165, 1.54) is 31.7 Å². The Hall–Kier alpha value is -0.600. The molecule has 0 aromatic heterocycles. The fourth-order valence-electron chi connectivity index (χ4n) is 3.00. The van der Waals surface area contributed by atoms with Gasteiger partial charge < -0.3 is 5.73 Å². The first-order chi connectivity index (χ1) is 8.61. The number of nitrogens with two attached hydrogens (primary N) is 1. The molecule has 1 fully saturated rings. The molecule has 3 heteroatoms. The lowest BCUT2D eigenvalue weighted by Crippen LogP contribution is -2.31. The fraction of sp³-hybridized carbons (Fsp3) is 0.600. The molecule has 3 unspecified atom stereocenters. The Morgan fingerprint density at radius 1 is 1.44 bits per heavy atom. The van der Waals surface area contributed by atoms with E-state index >= 15 is 0 Å². The molecule has 100 valence electrons. The van der Waals surface area contributed by atoms with Crippen molar-refractivity contribution in [2.75, 3.05) is 0 Å². The van der Waals surface area contributed by atoms with Crippen LogP contribution < -0.4 is 5.73 Å². The maximum Gasteiger partial charge on any atom is 0.142 e. The summed E-state index contributed by atoms with van der Waals surface area (Å²) in [7, 11) is 0. The normalized spacial score (nSPS) is 25.3. The van der Waals surface area contributed by atoms with Gasteiger partial charge in [0.2, 0.25) is 0 Å². The molecule has 18 heavy (non-hydrogen) atoms. The SMILES string of the molecule is CCC1CCC(C(N)Cc2cccc(F)c2Cl)C1. The van der Waals surface area contributed by atoms with Crippen LogP contribution in [-0.2, 0) is 6.42 Å². The van der Waals surface area contributed by atoms with E-state index in [-0.39, 0.29) is 16.9 Å². The summed E-state index contributed by atoms with van der Waals surface area (Å²) >= 11 is 5.97. The summed E-state index contributed by atoms with van der Waals surface area (Å²) in [5, 5.41) is 0.234. The number of halogens is 2. The molecule has 1 aliphatic rings. The third kappa shape index (κ3) is 3.04. The van der Waals surface area contributed by atoms with Gasteiger partial charge in [0.15, 0.2) is 0 Å². The van der Waals surface area contributed by atoms with Crippen LogP contribution in [0, 0.1) is 17.7 Å². The van der Waals surface area contributed by atoms with E-state index in [1.807, 2.05) is 6.07 Å². The molecule has 2 N–H and O–H groups in total. The van der Waals surface area contributed by atoms with Crippen molar-refractivity contribution < 1.29 is 4.39 Å². The Bertz CT molecular complexity index is 407. The molecule has 0 aliphatic heterocycles. The van der Waals surface area contributed by atoms with Gasteiger partial charge in [-0.05, 0) is 42.7 Å². The average Bonchev–Trinajstić information content (AvgIpc) is 2.83. The molecule has 0 saturated heterocycles. The highest BCUT2D eigenvalue weighted by Gasteiger charge is 2.28. The van der Waals surface area contributed by atoms with Gasteiger partial charge in [0.1, 0.15) is 5.82 Å². The number of hydrogen-bond acceptors (Lipinski definition) is 1. The zero-order valence-electron chi connectivity index (χ0n) is 10.8. The molecule has 0 radical (unpaired) electrons. The monoisotopic (exact) mass is 269 g/mol. The van der Waals surface area contributed by atoms with Gasteiger partial charge in [-0.2, -0.15) is 0 Å². The van der Waals surface area contributed by atoms with E-state index in [9.17, 15) is 4.39 Å². The topological polar surface area (TPSA) is 26.0 Å². The van der Waals surface area contributed by atoms with Gasteiger partial charge in [0.05, 0.1) is 5.02 Å². The van der Waals surface area contributed by atoms with Gasteiger partial charge in [-0.1, -0.05) is 43.5 Å². The van der Waals surface area contributed by atoms with Crippen molar-refractivity contribution in [1.82, 2.24) is 0 Å². The molecule has 0 bridgehead atoms. The van der Waals surface area contributed by atoms with Gasteiger partial charge in [-0.25, -0.2) is 4.39 Å². The van der Waals surface area contributed by atoms with Crippen LogP contribution in [0.2, 0.25) is 5.02 Å². The molecule has 3 atom stereocenters.